The minimum absolute atomic E-state index is 0.701. The molecule has 12 rings (SSSR count). The molecule has 0 aliphatic rings. The lowest BCUT2D eigenvalue weighted by Crippen LogP contribution is -1.99. The van der Waals surface area contributed by atoms with Crippen LogP contribution in [0.4, 0.5) is 0 Å². The van der Waals surface area contributed by atoms with Crippen LogP contribution in [0.2, 0.25) is 0 Å². The molecule has 0 unspecified atom stereocenters. The second-order valence-electron chi connectivity index (χ2n) is 15.2. The molecule has 0 atom stereocenters. The molecule has 0 spiro atoms. The summed E-state index contributed by atoms with van der Waals surface area (Å²) in [6.07, 6.45) is 0. The van der Waals surface area contributed by atoms with Crippen LogP contribution in [-0.2, 0) is 0 Å². The van der Waals surface area contributed by atoms with E-state index in [1.54, 1.807) is 0 Å². The molecule has 0 amide bonds. The van der Waals surface area contributed by atoms with Gasteiger partial charge >= 0.3 is 0 Å². The van der Waals surface area contributed by atoms with Crippen molar-refractivity contribution in [3.05, 3.63) is 206 Å². The number of hydrogen-bond donors (Lipinski definition) is 0. The Balaban J connectivity index is 1.20. The lowest BCUT2D eigenvalue weighted by molar-refractivity contribution is 1.19. The summed E-state index contributed by atoms with van der Waals surface area (Å²) in [5.41, 5.74) is 12.0. The molecular formula is C56H34N2S2. The minimum atomic E-state index is 0.701. The van der Waals surface area contributed by atoms with Gasteiger partial charge in [-0.3, -0.25) is 0 Å². The monoisotopic (exact) mass is 798 g/mol. The fourth-order valence-corrected chi connectivity index (χ4v) is 11.5. The minimum Gasteiger partial charge on any atom is -0.228 e. The molecule has 0 aliphatic carbocycles. The second kappa shape index (κ2) is 14.2. The van der Waals surface area contributed by atoms with Crippen LogP contribution in [0.25, 0.3) is 118 Å². The van der Waals surface area contributed by atoms with E-state index in [2.05, 4.69) is 206 Å². The SMILES string of the molecule is c1ccc(-c2ccccc2-c2ccc3c(-c4ccccc4)cccc3c2-c2nc(-c3cccc4c3sc3ccccc34)cc(-c3cccc4c3sc3ccccc34)n2)cc1. The molecule has 9 aromatic carbocycles. The maximum atomic E-state index is 5.68. The highest BCUT2D eigenvalue weighted by Gasteiger charge is 2.23. The summed E-state index contributed by atoms with van der Waals surface area (Å²) in [7, 11) is 0. The average molecular weight is 799 g/mol. The predicted molar refractivity (Wildman–Crippen MR) is 258 cm³/mol. The van der Waals surface area contributed by atoms with E-state index in [-0.39, 0.29) is 0 Å². The average Bonchev–Trinajstić information content (AvgIpc) is 3.90. The van der Waals surface area contributed by atoms with Gasteiger partial charge in [-0.25, -0.2) is 9.97 Å². The fourth-order valence-electron chi connectivity index (χ4n) is 9.01. The van der Waals surface area contributed by atoms with Gasteiger partial charge in [0.2, 0.25) is 0 Å². The van der Waals surface area contributed by atoms with E-state index >= 15 is 0 Å². The molecule has 3 heterocycles. The van der Waals surface area contributed by atoms with Crippen molar-refractivity contribution >= 4 is 73.8 Å². The van der Waals surface area contributed by atoms with E-state index in [0.717, 1.165) is 50.0 Å². The third-order valence-electron chi connectivity index (χ3n) is 11.8. The molecule has 280 valence electrons. The molecule has 0 fully saturated rings. The number of aromatic nitrogens is 2. The molecule has 0 bridgehead atoms. The summed E-state index contributed by atoms with van der Waals surface area (Å²) in [5.74, 6) is 0.701. The van der Waals surface area contributed by atoms with Crippen LogP contribution in [0.15, 0.2) is 206 Å². The first-order valence-corrected chi connectivity index (χ1v) is 21.9. The molecular weight excluding hydrogens is 765 g/mol. The lowest BCUT2D eigenvalue weighted by Gasteiger charge is -2.19. The first-order valence-electron chi connectivity index (χ1n) is 20.2. The molecule has 0 saturated carbocycles. The van der Waals surface area contributed by atoms with Crippen molar-refractivity contribution in [2.75, 3.05) is 0 Å². The lowest BCUT2D eigenvalue weighted by atomic mass is 9.87. The molecule has 60 heavy (non-hydrogen) atoms. The van der Waals surface area contributed by atoms with Crippen molar-refractivity contribution in [2.24, 2.45) is 0 Å². The smallest absolute Gasteiger partial charge is 0.161 e. The summed E-state index contributed by atoms with van der Waals surface area (Å²) in [5, 5.41) is 7.30. The summed E-state index contributed by atoms with van der Waals surface area (Å²) in [4.78, 5) is 11.4. The third-order valence-corrected chi connectivity index (χ3v) is 14.2. The predicted octanol–water partition coefficient (Wildman–Crippen LogP) is 16.4. The van der Waals surface area contributed by atoms with E-state index in [1.807, 2.05) is 22.7 Å². The van der Waals surface area contributed by atoms with Gasteiger partial charge in [-0.2, -0.15) is 0 Å². The van der Waals surface area contributed by atoms with Gasteiger partial charge in [0, 0.05) is 57.0 Å². The van der Waals surface area contributed by atoms with E-state index in [4.69, 9.17) is 9.97 Å². The highest BCUT2D eigenvalue weighted by molar-refractivity contribution is 7.26. The number of thiophene rings is 2. The molecule has 0 N–H and O–H groups in total. The number of hydrogen-bond acceptors (Lipinski definition) is 4. The summed E-state index contributed by atoms with van der Waals surface area (Å²) < 4.78 is 5.00. The Hall–Kier alpha value is -7.24. The number of rotatable bonds is 6. The summed E-state index contributed by atoms with van der Waals surface area (Å²) in [6.45, 7) is 0. The van der Waals surface area contributed by atoms with Crippen molar-refractivity contribution in [3.8, 4) is 67.3 Å². The van der Waals surface area contributed by atoms with Crippen molar-refractivity contribution in [1.82, 2.24) is 9.97 Å². The van der Waals surface area contributed by atoms with Crippen LogP contribution in [0.1, 0.15) is 0 Å². The zero-order valence-corrected chi connectivity index (χ0v) is 34.0. The van der Waals surface area contributed by atoms with Crippen LogP contribution in [0, 0.1) is 0 Å². The standard InChI is InChI=1S/C56H34N2S2/c1-3-16-35(17-4-1)37-20-7-8-21-39(37)44-33-32-40-38(36-18-5-2-6-19-36)24-13-25-43(40)53(44)56-57-49(47-28-14-26-45-41-22-9-11-30-51(41)59-54(45)47)34-50(58-56)48-29-15-27-46-42-23-10-12-31-52(42)60-55(46)48/h1-34H. The maximum Gasteiger partial charge on any atom is 0.161 e. The Morgan fingerprint density at radius 1 is 0.283 bits per heavy atom. The topological polar surface area (TPSA) is 25.8 Å². The van der Waals surface area contributed by atoms with Crippen LogP contribution in [0.3, 0.4) is 0 Å². The quantitative estimate of drug-likeness (QED) is 0.167. The van der Waals surface area contributed by atoms with E-state index < -0.39 is 0 Å². The highest BCUT2D eigenvalue weighted by Crippen LogP contribution is 2.47. The Labute approximate surface area is 355 Å². The zero-order chi connectivity index (χ0) is 39.6. The molecule has 0 saturated heterocycles. The normalized spacial score (nSPS) is 11.7. The fraction of sp³-hybridized carbons (Fsp3) is 0. The van der Waals surface area contributed by atoms with Gasteiger partial charge < -0.3 is 0 Å². The number of fused-ring (bicyclic) bond motifs is 7. The van der Waals surface area contributed by atoms with Gasteiger partial charge in [0.05, 0.1) is 11.4 Å². The zero-order valence-electron chi connectivity index (χ0n) is 32.3. The van der Waals surface area contributed by atoms with Crippen LogP contribution < -0.4 is 0 Å². The summed E-state index contributed by atoms with van der Waals surface area (Å²) >= 11 is 3.67. The molecule has 2 nitrogen and oxygen atoms in total. The van der Waals surface area contributed by atoms with Gasteiger partial charge in [-0.1, -0.05) is 188 Å². The Bertz CT molecular complexity index is 3470. The van der Waals surface area contributed by atoms with Crippen molar-refractivity contribution in [1.29, 1.82) is 0 Å². The first kappa shape index (κ1) is 34.8. The highest BCUT2D eigenvalue weighted by atomic mass is 32.1. The third kappa shape index (κ3) is 5.68. The van der Waals surface area contributed by atoms with Crippen molar-refractivity contribution in [3.63, 3.8) is 0 Å². The van der Waals surface area contributed by atoms with E-state index in [0.29, 0.717) is 5.82 Å². The van der Waals surface area contributed by atoms with Crippen molar-refractivity contribution in [2.45, 2.75) is 0 Å². The van der Waals surface area contributed by atoms with Gasteiger partial charge in [0.1, 0.15) is 0 Å². The molecule has 0 aliphatic heterocycles. The van der Waals surface area contributed by atoms with Crippen LogP contribution in [-0.4, -0.2) is 9.97 Å². The maximum absolute atomic E-state index is 5.68. The van der Waals surface area contributed by atoms with Gasteiger partial charge in [-0.15, -0.1) is 22.7 Å². The first-order chi connectivity index (χ1) is 29.8. The Morgan fingerprint density at radius 3 is 1.33 bits per heavy atom. The Morgan fingerprint density at radius 2 is 0.733 bits per heavy atom. The second-order valence-corrected chi connectivity index (χ2v) is 17.3. The van der Waals surface area contributed by atoms with E-state index in [1.165, 1.54) is 62.6 Å². The molecule has 3 aromatic heterocycles. The largest absolute Gasteiger partial charge is 0.228 e. The molecule has 0 radical (unpaired) electrons. The van der Waals surface area contributed by atoms with Gasteiger partial charge in [-0.05, 0) is 62.4 Å². The van der Waals surface area contributed by atoms with Crippen LogP contribution in [0.5, 0.6) is 0 Å². The van der Waals surface area contributed by atoms with Crippen LogP contribution >= 0.6 is 22.7 Å². The number of benzene rings is 9. The van der Waals surface area contributed by atoms with E-state index in [9.17, 15) is 0 Å². The Kier molecular flexibility index (Phi) is 8.25. The molecule has 4 heteroatoms. The number of nitrogens with zero attached hydrogens (tertiary/aromatic N) is 2. The molecule has 12 aromatic rings. The van der Waals surface area contributed by atoms with Crippen molar-refractivity contribution < 1.29 is 0 Å². The van der Waals surface area contributed by atoms with Gasteiger partial charge in [0.25, 0.3) is 0 Å². The summed E-state index contributed by atoms with van der Waals surface area (Å²) in [6, 6.07) is 74.3. The van der Waals surface area contributed by atoms with Gasteiger partial charge in [0.15, 0.2) is 5.82 Å².